The number of anilines is 2. The zero-order valence-electron chi connectivity index (χ0n) is 18.8. The van der Waals surface area contributed by atoms with Gasteiger partial charge in [0.25, 0.3) is 0 Å². The SMILES string of the molecule is CNc1ccc(-c2c(C#N)cc(N3CCCNCC3)nc2-c2ccc(C#N)c(F)c2)cc1C=N. The van der Waals surface area contributed by atoms with Crippen molar-refractivity contribution in [2.75, 3.05) is 43.4 Å². The zero-order valence-corrected chi connectivity index (χ0v) is 18.8. The van der Waals surface area contributed by atoms with Gasteiger partial charge in [-0.2, -0.15) is 10.5 Å². The van der Waals surface area contributed by atoms with Crippen molar-refractivity contribution in [3.05, 3.63) is 65.0 Å². The van der Waals surface area contributed by atoms with E-state index in [0.717, 1.165) is 38.3 Å². The number of nitrogens with one attached hydrogen (secondary N) is 3. The topological polar surface area (TPSA) is 112 Å². The van der Waals surface area contributed by atoms with Gasteiger partial charge >= 0.3 is 0 Å². The standard InChI is InChI=1S/C26H24FN7/c1-31-23-6-5-17(11-20(23)15-29)25-21(16-30)13-24(34-9-2-7-32-8-10-34)33-26(25)18-3-4-19(14-28)22(27)12-18/h3-6,11-13,15,29,31-32H,2,7-10H2,1H3. The number of nitriles is 2. The number of benzene rings is 2. The highest BCUT2D eigenvalue weighted by molar-refractivity contribution is 5.92. The highest BCUT2D eigenvalue weighted by Crippen LogP contribution is 2.37. The molecular formula is C26H24FN7. The first-order chi connectivity index (χ1) is 16.6. The van der Waals surface area contributed by atoms with E-state index < -0.39 is 5.82 Å². The number of hydrogen-bond acceptors (Lipinski definition) is 7. The third-order valence-electron chi connectivity index (χ3n) is 5.92. The Morgan fingerprint density at radius 3 is 2.56 bits per heavy atom. The third-order valence-corrected chi connectivity index (χ3v) is 5.92. The first-order valence-corrected chi connectivity index (χ1v) is 11.0. The molecule has 1 aromatic heterocycles. The lowest BCUT2D eigenvalue weighted by Gasteiger charge is -2.24. The molecule has 1 aliphatic heterocycles. The number of pyridine rings is 1. The predicted molar refractivity (Wildman–Crippen MR) is 132 cm³/mol. The Bertz CT molecular complexity index is 1310. The number of halogens is 1. The fourth-order valence-corrected chi connectivity index (χ4v) is 4.18. The molecule has 34 heavy (non-hydrogen) atoms. The maximum atomic E-state index is 14.6. The Hall–Kier alpha value is -4.27. The fraction of sp³-hybridized carbons (Fsp3) is 0.231. The van der Waals surface area contributed by atoms with Gasteiger partial charge in [-0.25, -0.2) is 9.37 Å². The van der Waals surface area contributed by atoms with Gasteiger partial charge < -0.3 is 20.9 Å². The van der Waals surface area contributed by atoms with Crippen molar-refractivity contribution in [2.45, 2.75) is 6.42 Å². The molecular weight excluding hydrogens is 429 g/mol. The second kappa shape index (κ2) is 10.1. The monoisotopic (exact) mass is 453 g/mol. The van der Waals surface area contributed by atoms with Crippen molar-refractivity contribution in [1.29, 1.82) is 15.9 Å². The molecule has 7 nitrogen and oxygen atoms in total. The lowest BCUT2D eigenvalue weighted by molar-refractivity contribution is 0.624. The van der Waals surface area contributed by atoms with Crippen LogP contribution < -0.4 is 15.5 Å². The van der Waals surface area contributed by atoms with E-state index in [1.807, 2.05) is 24.3 Å². The highest BCUT2D eigenvalue weighted by Gasteiger charge is 2.21. The van der Waals surface area contributed by atoms with E-state index in [2.05, 4.69) is 21.6 Å². The van der Waals surface area contributed by atoms with E-state index >= 15 is 0 Å². The zero-order chi connectivity index (χ0) is 24.1. The van der Waals surface area contributed by atoms with Crippen LogP contribution in [0.15, 0.2) is 42.5 Å². The molecule has 1 saturated heterocycles. The van der Waals surface area contributed by atoms with E-state index in [4.69, 9.17) is 15.7 Å². The molecule has 0 radical (unpaired) electrons. The summed E-state index contributed by atoms with van der Waals surface area (Å²) in [6.45, 7) is 3.26. The van der Waals surface area contributed by atoms with Crippen LogP contribution in [0.5, 0.6) is 0 Å². The van der Waals surface area contributed by atoms with Crippen LogP contribution >= 0.6 is 0 Å². The van der Waals surface area contributed by atoms with Gasteiger partial charge in [0.05, 0.1) is 22.9 Å². The predicted octanol–water partition coefficient (Wildman–Crippen LogP) is 4.14. The first-order valence-electron chi connectivity index (χ1n) is 11.0. The van der Waals surface area contributed by atoms with Crippen LogP contribution in [0.2, 0.25) is 0 Å². The summed E-state index contributed by atoms with van der Waals surface area (Å²) in [5, 5.41) is 33.5. The lowest BCUT2D eigenvalue weighted by atomic mass is 9.93. The minimum atomic E-state index is -0.638. The summed E-state index contributed by atoms with van der Waals surface area (Å²) >= 11 is 0. The first kappa shape index (κ1) is 22.9. The summed E-state index contributed by atoms with van der Waals surface area (Å²) in [5.41, 5.74) is 4.00. The summed E-state index contributed by atoms with van der Waals surface area (Å²) in [4.78, 5) is 7.04. The van der Waals surface area contributed by atoms with Crippen molar-refractivity contribution in [3.8, 4) is 34.5 Å². The average molecular weight is 454 g/mol. The molecule has 3 N–H and O–H groups in total. The number of hydrogen-bond donors (Lipinski definition) is 3. The second-order valence-corrected chi connectivity index (χ2v) is 7.96. The van der Waals surface area contributed by atoms with Gasteiger partial charge in [0.15, 0.2) is 0 Å². The van der Waals surface area contributed by atoms with E-state index in [-0.39, 0.29) is 5.56 Å². The molecule has 1 fully saturated rings. The van der Waals surface area contributed by atoms with Crippen LogP contribution in [0.25, 0.3) is 22.4 Å². The van der Waals surface area contributed by atoms with Gasteiger partial charge in [0, 0.05) is 55.3 Å². The van der Waals surface area contributed by atoms with Gasteiger partial charge in [0.1, 0.15) is 17.7 Å². The van der Waals surface area contributed by atoms with Crippen LogP contribution in [0.4, 0.5) is 15.9 Å². The number of aromatic nitrogens is 1. The lowest BCUT2D eigenvalue weighted by Crippen LogP contribution is -2.28. The second-order valence-electron chi connectivity index (χ2n) is 7.96. The van der Waals surface area contributed by atoms with Gasteiger partial charge in [-0.1, -0.05) is 12.1 Å². The Morgan fingerprint density at radius 2 is 1.85 bits per heavy atom. The largest absolute Gasteiger partial charge is 0.388 e. The van der Waals surface area contributed by atoms with Gasteiger partial charge in [-0.05, 0) is 48.9 Å². The van der Waals surface area contributed by atoms with Crippen molar-refractivity contribution < 1.29 is 4.39 Å². The Labute approximate surface area is 198 Å². The van der Waals surface area contributed by atoms with Crippen LogP contribution in [-0.4, -0.2) is 44.4 Å². The number of rotatable bonds is 5. The molecule has 2 aromatic carbocycles. The molecule has 3 aromatic rings. The molecule has 2 heterocycles. The summed E-state index contributed by atoms with van der Waals surface area (Å²) in [5.74, 6) is 0.0178. The van der Waals surface area contributed by atoms with E-state index in [0.29, 0.717) is 39.3 Å². The van der Waals surface area contributed by atoms with E-state index in [9.17, 15) is 9.65 Å². The molecule has 0 aliphatic carbocycles. The van der Waals surface area contributed by atoms with Crippen molar-refractivity contribution in [3.63, 3.8) is 0 Å². The molecule has 8 heteroatoms. The highest BCUT2D eigenvalue weighted by atomic mass is 19.1. The van der Waals surface area contributed by atoms with E-state index in [1.165, 1.54) is 18.3 Å². The summed E-state index contributed by atoms with van der Waals surface area (Å²) in [7, 11) is 1.78. The minimum absolute atomic E-state index is 0.0509. The van der Waals surface area contributed by atoms with Crippen molar-refractivity contribution in [1.82, 2.24) is 10.3 Å². The maximum absolute atomic E-state index is 14.6. The van der Waals surface area contributed by atoms with Crippen LogP contribution in [0, 0.1) is 33.9 Å². The summed E-state index contributed by atoms with van der Waals surface area (Å²) in [6.07, 6.45) is 2.19. The van der Waals surface area contributed by atoms with Crippen LogP contribution in [0.1, 0.15) is 23.1 Å². The molecule has 0 bridgehead atoms. The van der Waals surface area contributed by atoms with Gasteiger partial charge in [0.2, 0.25) is 0 Å². The molecule has 170 valence electrons. The Kier molecular flexibility index (Phi) is 6.82. The Morgan fingerprint density at radius 1 is 1.06 bits per heavy atom. The van der Waals surface area contributed by atoms with Gasteiger partial charge in [-0.3, -0.25) is 0 Å². The van der Waals surface area contributed by atoms with Crippen molar-refractivity contribution >= 4 is 17.7 Å². The van der Waals surface area contributed by atoms with E-state index in [1.54, 1.807) is 19.2 Å². The summed E-state index contributed by atoms with van der Waals surface area (Å²) < 4.78 is 14.6. The van der Waals surface area contributed by atoms with Crippen LogP contribution in [0.3, 0.4) is 0 Å². The molecule has 4 rings (SSSR count). The molecule has 0 amide bonds. The number of nitrogens with zero attached hydrogens (tertiary/aromatic N) is 4. The normalized spacial score (nSPS) is 13.5. The Balaban J connectivity index is 1.98. The maximum Gasteiger partial charge on any atom is 0.141 e. The molecule has 1 aliphatic rings. The van der Waals surface area contributed by atoms with Crippen LogP contribution in [-0.2, 0) is 0 Å². The molecule has 0 saturated carbocycles. The molecule has 0 atom stereocenters. The van der Waals surface area contributed by atoms with Crippen molar-refractivity contribution in [2.24, 2.45) is 0 Å². The molecule has 0 unspecified atom stereocenters. The average Bonchev–Trinajstić information content (AvgIpc) is 3.17. The fourth-order valence-electron chi connectivity index (χ4n) is 4.18. The summed E-state index contributed by atoms with van der Waals surface area (Å²) in [6, 6.07) is 15.8. The quantitative estimate of drug-likeness (QED) is 0.501. The smallest absolute Gasteiger partial charge is 0.141 e. The third kappa shape index (κ3) is 4.45. The van der Waals surface area contributed by atoms with Gasteiger partial charge in [-0.15, -0.1) is 0 Å². The minimum Gasteiger partial charge on any atom is -0.388 e. The molecule has 0 spiro atoms.